The van der Waals surface area contributed by atoms with E-state index < -0.39 is 0 Å². The molecule has 10 heteroatoms. The Bertz CT molecular complexity index is 1640. The maximum Gasteiger partial charge on any atom is 0.244 e. The number of nitrogens with zero attached hydrogens (tertiary/aromatic N) is 6. The van der Waals surface area contributed by atoms with Crippen LogP contribution in [0.1, 0.15) is 18.4 Å². The summed E-state index contributed by atoms with van der Waals surface area (Å²) in [5, 5.41) is 19.5. The summed E-state index contributed by atoms with van der Waals surface area (Å²) in [6.45, 7) is 0. The zero-order valence-electron chi connectivity index (χ0n) is 17.9. The first-order valence-electron chi connectivity index (χ1n) is 10.7. The predicted octanol–water partition coefficient (Wildman–Crippen LogP) is 2.84. The molecule has 5 aromatic rings. The number of hydrogen-bond donors (Lipinski definition) is 3. The summed E-state index contributed by atoms with van der Waals surface area (Å²) in [5.74, 6) is 12.3. The molecule has 10 nitrogen and oxygen atoms in total. The smallest absolute Gasteiger partial charge is 0.244 e. The van der Waals surface area contributed by atoms with Crippen LogP contribution < -0.4 is 16.7 Å². The highest BCUT2D eigenvalue weighted by Gasteiger charge is 2.33. The van der Waals surface area contributed by atoms with Crippen LogP contribution in [0.15, 0.2) is 55.0 Å². The Kier molecular flexibility index (Phi) is 4.33. The molecule has 0 unspecified atom stereocenters. The minimum absolute atomic E-state index is 0.00438. The number of fused-ring (bicyclic) bond motifs is 2. The molecular formula is C24H19N9O. The van der Waals surface area contributed by atoms with Gasteiger partial charge in [0.25, 0.3) is 0 Å². The van der Waals surface area contributed by atoms with E-state index in [2.05, 4.69) is 26.2 Å². The second kappa shape index (κ2) is 7.40. The summed E-state index contributed by atoms with van der Waals surface area (Å²) in [6.07, 6.45) is 6.71. The lowest BCUT2D eigenvalue weighted by molar-refractivity contribution is -0.119. The van der Waals surface area contributed by atoms with Crippen LogP contribution in [0.25, 0.3) is 44.5 Å². The standard InChI is InChI=1S/C24H19N9O/c25-9-14-2-1-3-20-18(14)8-21(33(20)27)22-19-7-16(11-29-23(19)31-30-22)15-6-17(12-28-10-15)32(26)24(34)13-4-5-13/h1-3,6-8,10-13H,4-5,26-27H2,(H,29,30,31). The molecule has 4 aromatic heterocycles. The molecule has 166 valence electrons. The normalized spacial score (nSPS) is 13.3. The fourth-order valence-electron chi connectivity index (χ4n) is 4.17. The van der Waals surface area contributed by atoms with E-state index in [1.807, 2.05) is 24.3 Å². The summed E-state index contributed by atoms with van der Waals surface area (Å²) in [4.78, 5) is 21.1. The van der Waals surface area contributed by atoms with Crippen molar-refractivity contribution in [1.82, 2.24) is 24.8 Å². The van der Waals surface area contributed by atoms with Gasteiger partial charge < -0.3 is 5.84 Å². The fraction of sp³-hybridized carbons (Fsp3) is 0.125. The van der Waals surface area contributed by atoms with Gasteiger partial charge in [-0.05, 0) is 43.2 Å². The second-order valence-corrected chi connectivity index (χ2v) is 8.36. The molecule has 1 aliphatic rings. The van der Waals surface area contributed by atoms with E-state index in [9.17, 15) is 10.1 Å². The summed E-state index contributed by atoms with van der Waals surface area (Å²) in [7, 11) is 0. The van der Waals surface area contributed by atoms with E-state index in [0.29, 0.717) is 28.3 Å². The van der Waals surface area contributed by atoms with Gasteiger partial charge in [-0.3, -0.25) is 19.6 Å². The lowest BCUT2D eigenvalue weighted by Gasteiger charge is -2.16. The number of nitriles is 1. The van der Waals surface area contributed by atoms with Gasteiger partial charge in [0.2, 0.25) is 5.91 Å². The number of H-pyrrole nitrogens is 1. The first-order chi connectivity index (χ1) is 16.5. The predicted molar refractivity (Wildman–Crippen MR) is 127 cm³/mol. The number of nitrogens with one attached hydrogen (secondary N) is 1. The topological polar surface area (TPSA) is 156 Å². The number of pyridine rings is 2. The molecule has 0 aliphatic heterocycles. The van der Waals surface area contributed by atoms with Crippen molar-refractivity contribution in [3.8, 4) is 28.6 Å². The zero-order valence-corrected chi connectivity index (χ0v) is 17.9. The molecule has 0 spiro atoms. The molecule has 34 heavy (non-hydrogen) atoms. The number of amides is 1. The number of anilines is 1. The lowest BCUT2D eigenvalue weighted by Crippen LogP contribution is -2.38. The molecule has 0 bridgehead atoms. The Balaban J connectivity index is 1.44. The molecule has 6 rings (SSSR count). The Morgan fingerprint density at radius 3 is 2.76 bits per heavy atom. The van der Waals surface area contributed by atoms with Gasteiger partial charge in [0.1, 0.15) is 0 Å². The quantitative estimate of drug-likeness (QED) is 0.216. The van der Waals surface area contributed by atoms with Crippen molar-refractivity contribution in [2.75, 3.05) is 10.9 Å². The number of rotatable bonds is 4. The van der Waals surface area contributed by atoms with Crippen LogP contribution in [0.3, 0.4) is 0 Å². The van der Waals surface area contributed by atoms with Gasteiger partial charge in [0, 0.05) is 40.2 Å². The maximum atomic E-state index is 12.4. The van der Waals surface area contributed by atoms with Gasteiger partial charge in [-0.25, -0.2) is 15.8 Å². The lowest BCUT2D eigenvalue weighted by atomic mass is 10.1. The minimum atomic E-state index is -0.0999. The third-order valence-electron chi connectivity index (χ3n) is 6.17. The van der Waals surface area contributed by atoms with Crippen molar-refractivity contribution in [3.05, 3.63) is 60.6 Å². The number of aromatic nitrogens is 5. The largest absolute Gasteiger partial charge is 0.339 e. The van der Waals surface area contributed by atoms with Gasteiger partial charge in [-0.1, -0.05) is 6.07 Å². The van der Waals surface area contributed by atoms with Gasteiger partial charge in [-0.2, -0.15) is 10.4 Å². The number of hydrogen-bond acceptors (Lipinski definition) is 7. The first kappa shape index (κ1) is 19.9. The van der Waals surface area contributed by atoms with Gasteiger partial charge in [-0.15, -0.1) is 0 Å². The third-order valence-corrected chi connectivity index (χ3v) is 6.17. The van der Waals surface area contributed by atoms with E-state index in [1.165, 1.54) is 9.69 Å². The van der Waals surface area contributed by atoms with E-state index in [4.69, 9.17) is 11.7 Å². The molecule has 1 aliphatic carbocycles. The van der Waals surface area contributed by atoms with Crippen molar-refractivity contribution in [2.45, 2.75) is 12.8 Å². The highest BCUT2D eigenvalue weighted by Crippen LogP contribution is 2.34. The highest BCUT2D eigenvalue weighted by atomic mass is 16.2. The third kappa shape index (κ3) is 3.07. The number of benzene rings is 1. The van der Waals surface area contributed by atoms with E-state index in [-0.39, 0.29) is 11.8 Å². The molecule has 4 heterocycles. The highest BCUT2D eigenvalue weighted by molar-refractivity contribution is 5.98. The van der Waals surface area contributed by atoms with Crippen LogP contribution in [-0.2, 0) is 4.79 Å². The van der Waals surface area contributed by atoms with Crippen molar-refractivity contribution >= 4 is 33.5 Å². The first-order valence-corrected chi connectivity index (χ1v) is 10.7. The summed E-state index contributed by atoms with van der Waals surface area (Å²) < 4.78 is 1.54. The molecule has 1 amide bonds. The van der Waals surface area contributed by atoms with Gasteiger partial charge >= 0.3 is 0 Å². The summed E-state index contributed by atoms with van der Waals surface area (Å²) >= 11 is 0. The average molecular weight is 449 g/mol. The van der Waals surface area contributed by atoms with Crippen molar-refractivity contribution in [1.29, 1.82) is 5.26 Å². The Hall–Kier alpha value is -4.75. The van der Waals surface area contributed by atoms with Gasteiger partial charge in [0.05, 0.1) is 40.4 Å². The number of carbonyl (C=O) groups is 1. The number of aromatic amines is 1. The van der Waals surface area contributed by atoms with Crippen LogP contribution in [-0.4, -0.2) is 30.7 Å². The number of carbonyl (C=O) groups excluding carboxylic acids is 1. The van der Waals surface area contributed by atoms with E-state index in [1.54, 1.807) is 30.7 Å². The number of nitrogen functional groups attached to an aromatic ring is 1. The maximum absolute atomic E-state index is 12.4. The molecule has 0 atom stereocenters. The molecule has 1 aromatic carbocycles. The average Bonchev–Trinajstić information content (AvgIpc) is 3.57. The Morgan fingerprint density at radius 2 is 1.97 bits per heavy atom. The van der Waals surface area contributed by atoms with Crippen LogP contribution in [0.4, 0.5) is 5.69 Å². The molecule has 5 N–H and O–H groups in total. The minimum Gasteiger partial charge on any atom is -0.339 e. The molecule has 0 saturated heterocycles. The van der Waals surface area contributed by atoms with Crippen LogP contribution in [0.2, 0.25) is 0 Å². The summed E-state index contributed by atoms with van der Waals surface area (Å²) in [5.41, 5.74) is 5.23. The molecular weight excluding hydrogens is 430 g/mol. The van der Waals surface area contributed by atoms with E-state index in [0.717, 1.165) is 40.3 Å². The van der Waals surface area contributed by atoms with Crippen molar-refractivity contribution < 1.29 is 4.79 Å². The SMILES string of the molecule is N#Cc1cccc2c1cc(-c1[nH]nc3ncc(-c4cncc(N(N)C(=O)C5CC5)c4)cc13)n2N. The van der Waals surface area contributed by atoms with Gasteiger partial charge in [0.15, 0.2) is 5.65 Å². The molecule has 1 saturated carbocycles. The summed E-state index contributed by atoms with van der Waals surface area (Å²) in [6, 6.07) is 13.2. The van der Waals surface area contributed by atoms with Crippen LogP contribution in [0, 0.1) is 17.2 Å². The Labute approximate surface area is 193 Å². The van der Waals surface area contributed by atoms with Crippen molar-refractivity contribution in [2.24, 2.45) is 11.8 Å². The number of nitrogens with two attached hydrogens (primary N) is 2. The van der Waals surface area contributed by atoms with Crippen LogP contribution >= 0.6 is 0 Å². The van der Waals surface area contributed by atoms with E-state index >= 15 is 0 Å². The Morgan fingerprint density at radius 1 is 1.15 bits per heavy atom. The monoisotopic (exact) mass is 449 g/mol. The molecule has 1 fully saturated rings. The molecule has 0 radical (unpaired) electrons. The fourth-order valence-corrected chi connectivity index (χ4v) is 4.17. The number of hydrazine groups is 1. The second-order valence-electron chi connectivity index (χ2n) is 8.36. The zero-order chi connectivity index (χ0) is 23.4. The van der Waals surface area contributed by atoms with Crippen molar-refractivity contribution in [3.63, 3.8) is 0 Å². The van der Waals surface area contributed by atoms with Crippen LogP contribution in [0.5, 0.6) is 0 Å².